The van der Waals surface area contributed by atoms with E-state index in [2.05, 4.69) is 0 Å². The second-order valence-corrected chi connectivity index (χ2v) is 7.95. The first-order valence-corrected chi connectivity index (χ1v) is 9.70. The zero-order chi connectivity index (χ0) is 17.6. The predicted octanol–water partition coefficient (Wildman–Crippen LogP) is 4.03. The first-order chi connectivity index (χ1) is 11.6. The highest BCUT2D eigenvalue weighted by atomic mass is 35.5. The molecule has 0 aliphatic carbocycles. The van der Waals surface area contributed by atoms with E-state index in [1.54, 1.807) is 12.1 Å². The SMILES string of the molecule is CCO[P+](OCC)(c1ccccc1)c1cc(Cl)c(OC)c(C=O)c1. The first kappa shape index (κ1) is 18.9. The molecule has 0 unspecified atom stereocenters. The molecule has 0 fully saturated rings. The van der Waals surface area contributed by atoms with E-state index >= 15 is 0 Å². The highest BCUT2D eigenvalue weighted by molar-refractivity contribution is 7.81. The van der Waals surface area contributed by atoms with Crippen LogP contribution in [0.4, 0.5) is 0 Å². The maximum atomic E-state index is 11.5. The summed E-state index contributed by atoms with van der Waals surface area (Å²) >= 11 is 6.33. The predicted molar refractivity (Wildman–Crippen MR) is 99.3 cm³/mol. The molecule has 0 atom stereocenters. The van der Waals surface area contributed by atoms with Crippen molar-refractivity contribution in [2.24, 2.45) is 0 Å². The Balaban J connectivity index is 2.72. The Kier molecular flexibility index (Phi) is 6.76. The Morgan fingerprint density at radius 3 is 2.17 bits per heavy atom. The van der Waals surface area contributed by atoms with Gasteiger partial charge in [0.25, 0.3) is 0 Å². The van der Waals surface area contributed by atoms with E-state index in [9.17, 15) is 4.79 Å². The summed E-state index contributed by atoms with van der Waals surface area (Å²) in [5.41, 5.74) is 0.375. The van der Waals surface area contributed by atoms with Crippen molar-refractivity contribution in [3.05, 3.63) is 53.1 Å². The zero-order valence-electron chi connectivity index (χ0n) is 14.0. The second kappa shape index (κ2) is 8.59. The molecule has 2 aromatic rings. The molecule has 0 saturated heterocycles. The van der Waals surface area contributed by atoms with Crippen molar-refractivity contribution in [3.63, 3.8) is 0 Å². The maximum Gasteiger partial charge on any atom is 0.339 e. The third-order valence-corrected chi connectivity index (χ3v) is 6.89. The minimum atomic E-state index is -2.60. The van der Waals surface area contributed by atoms with Crippen LogP contribution in [0.5, 0.6) is 5.75 Å². The first-order valence-electron chi connectivity index (χ1n) is 7.70. The van der Waals surface area contributed by atoms with E-state index in [0.29, 0.717) is 29.5 Å². The van der Waals surface area contributed by atoms with Gasteiger partial charge in [-0.1, -0.05) is 29.8 Å². The third-order valence-electron chi connectivity index (χ3n) is 3.45. The fourth-order valence-corrected chi connectivity index (χ4v) is 5.79. The van der Waals surface area contributed by atoms with Crippen LogP contribution in [0, 0.1) is 0 Å². The van der Waals surface area contributed by atoms with Crippen LogP contribution in [-0.4, -0.2) is 26.6 Å². The quantitative estimate of drug-likeness (QED) is 0.522. The molecule has 0 radical (unpaired) electrons. The smallest absolute Gasteiger partial charge is 0.339 e. The molecule has 0 aromatic heterocycles. The lowest BCUT2D eigenvalue weighted by atomic mass is 10.2. The van der Waals surface area contributed by atoms with Gasteiger partial charge in [0.1, 0.15) is 5.75 Å². The Labute approximate surface area is 148 Å². The summed E-state index contributed by atoms with van der Waals surface area (Å²) in [6.07, 6.45) is 0.728. The van der Waals surface area contributed by atoms with Crippen molar-refractivity contribution in [1.29, 1.82) is 0 Å². The Morgan fingerprint density at radius 2 is 1.67 bits per heavy atom. The summed E-state index contributed by atoms with van der Waals surface area (Å²) in [6, 6.07) is 13.3. The summed E-state index contributed by atoms with van der Waals surface area (Å²) in [4.78, 5) is 11.5. The number of hydrogen-bond donors (Lipinski definition) is 0. The number of rotatable bonds is 8. The van der Waals surface area contributed by atoms with Crippen LogP contribution < -0.4 is 15.3 Å². The van der Waals surface area contributed by atoms with Gasteiger partial charge in [0.15, 0.2) is 16.9 Å². The lowest BCUT2D eigenvalue weighted by Crippen LogP contribution is -2.27. The van der Waals surface area contributed by atoms with Crippen LogP contribution in [-0.2, 0) is 9.05 Å². The highest BCUT2D eigenvalue weighted by Crippen LogP contribution is 2.59. The van der Waals surface area contributed by atoms with Gasteiger partial charge in [-0.05, 0) is 26.0 Å². The monoisotopic (exact) mass is 367 g/mol. The average molecular weight is 368 g/mol. The molecular weight excluding hydrogens is 347 g/mol. The van der Waals surface area contributed by atoms with Crippen LogP contribution in [0.25, 0.3) is 0 Å². The molecule has 0 amide bonds. The minimum Gasteiger partial charge on any atom is -0.494 e. The molecule has 128 valence electrons. The molecule has 2 rings (SSSR count). The van der Waals surface area contributed by atoms with Crippen molar-refractivity contribution in [2.45, 2.75) is 13.8 Å². The molecule has 2 aromatic carbocycles. The van der Waals surface area contributed by atoms with Crippen LogP contribution in [0.15, 0.2) is 42.5 Å². The van der Waals surface area contributed by atoms with Crippen LogP contribution in [0.1, 0.15) is 24.2 Å². The molecule has 24 heavy (non-hydrogen) atoms. The highest BCUT2D eigenvalue weighted by Gasteiger charge is 2.48. The van der Waals surface area contributed by atoms with E-state index in [1.165, 1.54) is 7.11 Å². The Morgan fingerprint density at radius 1 is 1.04 bits per heavy atom. The molecule has 0 aliphatic rings. The number of ether oxygens (including phenoxy) is 1. The number of carbonyl (C=O) groups excluding carboxylic acids is 1. The largest absolute Gasteiger partial charge is 0.494 e. The Hall–Kier alpha value is -1.45. The number of halogens is 1. The minimum absolute atomic E-state index is 0.356. The van der Waals surface area contributed by atoms with Crippen molar-refractivity contribution in [1.82, 2.24) is 0 Å². The fourth-order valence-electron chi connectivity index (χ4n) is 2.54. The van der Waals surface area contributed by atoms with Crippen molar-refractivity contribution in [2.75, 3.05) is 20.3 Å². The Bertz CT molecular complexity index is 685. The van der Waals surface area contributed by atoms with Gasteiger partial charge >= 0.3 is 7.72 Å². The van der Waals surface area contributed by atoms with E-state index in [1.807, 2.05) is 44.2 Å². The summed E-state index contributed by atoms with van der Waals surface area (Å²) in [5, 5.41) is 2.05. The fraction of sp³-hybridized carbons (Fsp3) is 0.278. The number of aldehydes is 1. The summed E-state index contributed by atoms with van der Waals surface area (Å²) < 4.78 is 17.5. The lowest BCUT2D eigenvalue weighted by molar-refractivity contribution is 0.112. The van der Waals surface area contributed by atoms with Gasteiger partial charge in [0.2, 0.25) is 0 Å². The number of hydrogen-bond acceptors (Lipinski definition) is 4. The molecule has 0 N–H and O–H groups in total. The molecule has 0 spiro atoms. The van der Waals surface area contributed by atoms with Gasteiger partial charge < -0.3 is 4.74 Å². The van der Waals surface area contributed by atoms with Gasteiger partial charge in [-0.25, -0.2) is 0 Å². The molecule has 0 saturated carbocycles. The summed E-state index contributed by atoms with van der Waals surface area (Å²) in [5.74, 6) is 0.356. The molecule has 0 bridgehead atoms. The van der Waals surface area contributed by atoms with Gasteiger partial charge in [0.05, 0.1) is 30.9 Å². The van der Waals surface area contributed by atoms with E-state index in [-0.39, 0.29) is 0 Å². The number of methoxy groups -OCH3 is 1. The van der Waals surface area contributed by atoms with E-state index in [0.717, 1.165) is 16.9 Å². The zero-order valence-corrected chi connectivity index (χ0v) is 15.6. The van der Waals surface area contributed by atoms with E-state index in [4.69, 9.17) is 25.4 Å². The van der Waals surface area contributed by atoms with Gasteiger partial charge in [-0.3, -0.25) is 4.79 Å². The molecular formula is C18H21ClO4P+. The normalized spacial score (nSPS) is 11.3. The molecule has 6 heteroatoms. The van der Waals surface area contributed by atoms with Crippen LogP contribution in [0.2, 0.25) is 5.02 Å². The van der Waals surface area contributed by atoms with Crippen molar-refractivity contribution >= 4 is 36.2 Å². The number of benzene rings is 2. The van der Waals surface area contributed by atoms with Gasteiger partial charge in [-0.15, -0.1) is 0 Å². The van der Waals surface area contributed by atoms with Crippen molar-refractivity contribution < 1.29 is 18.6 Å². The van der Waals surface area contributed by atoms with Crippen LogP contribution in [0.3, 0.4) is 0 Å². The average Bonchev–Trinajstić information content (AvgIpc) is 2.61. The maximum absolute atomic E-state index is 11.5. The number of carbonyl (C=O) groups is 1. The van der Waals surface area contributed by atoms with Crippen LogP contribution >= 0.6 is 19.3 Å². The summed E-state index contributed by atoms with van der Waals surface area (Å²) in [7, 11) is -1.11. The van der Waals surface area contributed by atoms with Crippen molar-refractivity contribution in [3.8, 4) is 5.75 Å². The molecule has 0 heterocycles. The standard InChI is InChI=1S/C18H21ClO4P/c1-4-22-24(23-5-2,15-9-7-6-8-10-15)16-11-14(13-20)18(21-3)17(19)12-16/h6-13H,4-5H2,1-3H3/q+1. The lowest BCUT2D eigenvalue weighted by Gasteiger charge is -2.23. The molecule has 0 aliphatic heterocycles. The topological polar surface area (TPSA) is 44.8 Å². The summed E-state index contributed by atoms with van der Waals surface area (Å²) in [6.45, 7) is 4.79. The van der Waals surface area contributed by atoms with Gasteiger partial charge in [0, 0.05) is 12.1 Å². The molecule has 4 nitrogen and oxygen atoms in total. The van der Waals surface area contributed by atoms with Gasteiger partial charge in [-0.2, -0.15) is 9.05 Å². The third kappa shape index (κ3) is 3.62. The second-order valence-electron chi connectivity index (χ2n) is 4.89. The van der Waals surface area contributed by atoms with E-state index < -0.39 is 7.72 Å².